The average molecular weight is 270 g/mol. The van der Waals surface area contributed by atoms with E-state index in [1.807, 2.05) is 6.07 Å². The number of aryl methyl sites for hydroxylation is 2. The number of aromatic nitrogens is 2. The summed E-state index contributed by atoms with van der Waals surface area (Å²) in [4.78, 5) is 8.51. The molecule has 0 aliphatic heterocycles. The lowest BCUT2D eigenvalue weighted by atomic mass is 10.1. The van der Waals surface area contributed by atoms with Gasteiger partial charge in [-0.05, 0) is 38.8 Å². The quantitative estimate of drug-likeness (QED) is 0.860. The second-order valence-electron chi connectivity index (χ2n) is 5.19. The summed E-state index contributed by atoms with van der Waals surface area (Å²) in [7, 11) is 0. The fourth-order valence-corrected chi connectivity index (χ4v) is 1.95. The molecular formula is C16H22N4. The third-order valence-electron chi connectivity index (χ3n) is 3.32. The standard InChI is InChI=1S/C16H22N4/c1-5-13(4)19-15-9-16(18-10-17-15)20-14-7-6-11(2)8-12(14)3/h6-10,13H,5H2,1-4H3,(H2,17,18,19,20). The minimum Gasteiger partial charge on any atom is -0.367 e. The average Bonchev–Trinajstić information content (AvgIpc) is 2.42. The van der Waals surface area contributed by atoms with Crippen molar-refractivity contribution in [2.24, 2.45) is 0 Å². The van der Waals surface area contributed by atoms with E-state index in [1.54, 1.807) is 6.33 Å². The van der Waals surface area contributed by atoms with Gasteiger partial charge in [-0.1, -0.05) is 24.6 Å². The zero-order chi connectivity index (χ0) is 14.5. The van der Waals surface area contributed by atoms with Crippen LogP contribution < -0.4 is 10.6 Å². The van der Waals surface area contributed by atoms with E-state index in [0.29, 0.717) is 6.04 Å². The second-order valence-corrected chi connectivity index (χ2v) is 5.19. The molecule has 2 N–H and O–H groups in total. The van der Waals surface area contributed by atoms with Gasteiger partial charge in [-0.3, -0.25) is 0 Å². The Hall–Kier alpha value is -2.10. The molecular weight excluding hydrogens is 248 g/mol. The van der Waals surface area contributed by atoms with Crippen molar-refractivity contribution in [3.8, 4) is 0 Å². The summed E-state index contributed by atoms with van der Waals surface area (Å²) >= 11 is 0. The van der Waals surface area contributed by atoms with Crippen LogP contribution in [-0.2, 0) is 0 Å². The van der Waals surface area contributed by atoms with Crippen LogP contribution in [0.2, 0.25) is 0 Å². The first-order valence-corrected chi connectivity index (χ1v) is 7.01. The van der Waals surface area contributed by atoms with E-state index in [9.17, 15) is 0 Å². The van der Waals surface area contributed by atoms with E-state index in [1.165, 1.54) is 11.1 Å². The highest BCUT2D eigenvalue weighted by Gasteiger charge is 2.04. The Morgan fingerprint density at radius 1 is 1.10 bits per heavy atom. The van der Waals surface area contributed by atoms with Gasteiger partial charge >= 0.3 is 0 Å². The smallest absolute Gasteiger partial charge is 0.135 e. The minimum absolute atomic E-state index is 0.402. The van der Waals surface area contributed by atoms with E-state index < -0.39 is 0 Å². The van der Waals surface area contributed by atoms with Crippen LogP contribution in [-0.4, -0.2) is 16.0 Å². The summed E-state index contributed by atoms with van der Waals surface area (Å²) in [5, 5.41) is 6.69. The van der Waals surface area contributed by atoms with E-state index in [2.05, 4.69) is 66.5 Å². The normalized spacial score (nSPS) is 12.0. The lowest BCUT2D eigenvalue weighted by Gasteiger charge is -2.13. The van der Waals surface area contributed by atoms with Gasteiger partial charge in [0, 0.05) is 17.8 Å². The maximum Gasteiger partial charge on any atom is 0.135 e. The highest BCUT2D eigenvalue weighted by atomic mass is 15.1. The van der Waals surface area contributed by atoms with Gasteiger partial charge in [-0.2, -0.15) is 0 Å². The molecule has 0 spiro atoms. The molecule has 0 radical (unpaired) electrons. The Bertz CT molecular complexity index is 580. The summed E-state index contributed by atoms with van der Waals surface area (Å²) in [5.41, 5.74) is 3.54. The van der Waals surface area contributed by atoms with Crippen molar-refractivity contribution in [2.75, 3.05) is 10.6 Å². The lowest BCUT2D eigenvalue weighted by molar-refractivity contribution is 0.758. The summed E-state index contributed by atoms with van der Waals surface area (Å²) in [6.07, 6.45) is 2.64. The predicted molar refractivity (Wildman–Crippen MR) is 84.6 cm³/mol. The first-order chi connectivity index (χ1) is 9.58. The lowest BCUT2D eigenvalue weighted by Crippen LogP contribution is -2.14. The SMILES string of the molecule is CCC(C)Nc1cc(Nc2ccc(C)cc2C)ncn1. The van der Waals surface area contributed by atoms with E-state index in [-0.39, 0.29) is 0 Å². The Balaban J connectivity index is 2.15. The highest BCUT2D eigenvalue weighted by molar-refractivity contribution is 5.62. The van der Waals surface area contributed by atoms with E-state index in [4.69, 9.17) is 0 Å². The third kappa shape index (κ3) is 3.70. The molecule has 20 heavy (non-hydrogen) atoms. The van der Waals surface area contributed by atoms with Gasteiger partial charge in [0.2, 0.25) is 0 Å². The molecule has 0 bridgehead atoms. The number of nitrogens with zero attached hydrogens (tertiary/aromatic N) is 2. The van der Waals surface area contributed by atoms with Crippen molar-refractivity contribution in [3.05, 3.63) is 41.7 Å². The first kappa shape index (κ1) is 14.3. The molecule has 0 aliphatic carbocycles. The third-order valence-corrected chi connectivity index (χ3v) is 3.32. The minimum atomic E-state index is 0.402. The second kappa shape index (κ2) is 6.37. The van der Waals surface area contributed by atoms with Crippen LogP contribution in [0.4, 0.5) is 17.3 Å². The maximum absolute atomic E-state index is 4.27. The molecule has 2 rings (SSSR count). The molecule has 0 saturated heterocycles. The monoisotopic (exact) mass is 270 g/mol. The Labute approximate surface area is 120 Å². The van der Waals surface area contributed by atoms with Gasteiger partial charge in [-0.15, -0.1) is 0 Å². The molecule has 1 heterocycles. The van der Waals surface area contributed by atoms with Crippen molar-refractivity contribution in [2.45, 2.75) is 40.2 Å². The molecule has 2 aromatic rings. The Morgan fingerprint density at radius 2 is 1.85 bits per heavy atom. The summed E-state index contributed by atoms with van der Waals surface area (Å²) in [6, 6.07) is 8.66. The Kier molecular flexibility index (Phi) is 4.56. The highest BCUT2D eigenvalue weighted by Crippen LogP contribution is 2.21. The molecule has 1 atom stereocenters. The predicted octanol–water partition coefficient (Wildman–Crippen LogP) is 4.05. The fraction of sp³-hybridized carbons (Fsp3) is 0.375. The van der Waals surface area contributed by atoms with Gasteiger partial charge < -0.3 is 10.6 Å². The number of rotatable bonds is 5. The molecule has 4 nitrogen and oxygen atoms in total. The van der Waals surface area contributed by atoms with Crippen LogP contribution in [0.5, 0.6) is 0 Å². The van der Waals surface area contributed by atoms with Crippen molar-refractivity contribution >= 4 is 17.3 Å². The zero-order valence-electron chi connectivity index (χ0n) is 12.6. The van der Waals surface area contributed by atoms with E-state index in [0.717, 1.165) is 23.7 Å². The van der Waals surface area contributed by atoms with Crippen molar-refractivity contribution < 1.29 is 0 Å². The molecule has 0 amide bonds. The molecule has 1 unspecified atom stereocenters. The number of nitrogens with one attached hydrogen (secondary N) is 2. The molecule has 0 saturated carbocycles. The van der Waals surface area contributed by atoms with Crippen LogP contribution in [0.1, 0.15) is 31.4 Å². The molecule has 1 aromatic heterocycles. The zero-order valence-corrected chi connectivity index (χ0v) is 12.6. The molecule has 0 fully saturated rings. The van der Waals surface area contributed by atoms with Crippen LogP contribution >= 0.6 is 0 Å². The van der Waals surface area contributed by atoms with Crippen molar-refractivity contribution in [1.29, 1.82) is 0 Å². The van der Waals surface area contributed by atoms with Gasteiger partial charge in [0.1, 0.15) is 18.0 Å². The molecule has 4 heteroatoms. The molecule has 0 aliphatic rings. The number of hydrogen-bond donors (Lipinski definition) is 2. The van der Waals surface area contributed by atoms with Crippen molar-refractivity contribution in [1.82, 2.24) is 9.97 Å². The van der Waals surface area contributed by atoms with Gasteiger partial charge in [-0.25, -0.2) is 9.97 Å². The van der Waals surface area contributed by atoms with Gasteiger partial charge in [0.15, 0.2) is 0 Å². The van der Waals surface area contributed by atoms with Gasteiger partial charge in [0.05, 0.1) is 0 Å². The molecule has 1 aromatic carbocycles. The van der Waals surface area contributed by atoms with Crippen LogP contribution in [0, 0.1) is 13.8 Å². The largest absolute Gasteiger partial charge is 0.367 e. The maximum atomic E-state index is 4.27. The number of anilines is 3. The molecule has 106 valence electrons. The number of benzene rings is 1. The van der Waals surface area contributed by atoms with Crippen LogP contribution in [0.25, 0.3) is 0 Å². The van der Waals surface area contributed by atoms with Crippen molar-refractivity contribution in [3.63, 3.8) is 0 Å². The fourth-order valence-electron chi connectivity index (χ4n) is 1.95. The summed E-state index contributed by atoms with van der Waals surface area (Å²) in [5.74, 6) is 1.65. The summed E-state index contributed by atoms with van der Waals surface area (Å²) in [6.45, 7) is 8.47. The summed E-state index contributed by atoms with van der Waals surface area (Å²) < 4.78 is 0. The first-order valence-electron chi connectivity index (χ1n) is 7.01. The Morgan fingerprint density at radius 3 is 2.55 bits per heavy atom. The van der Waals surface area contributed by atoms with Gasteiger partial charge in [0.25, 0.3) is 0 Å². The topological polar surface area (TPSA) is 49.8 Å². The number of hydrogen-bond acceptors (Lipinski definition) is 4. The van der Waals surface area contributed by atoms with Crippen LogP contribution in [0.15, 0.2) is 30.6 Å². The van der Waals surface area contributed by atoms with Crippen LogP contribution in [0.3, 0.4) is 0 Å². The van der Waals surface area contributed by atoms with E-state index >= 15 is 0 Å².